The fraction of sp³-hybridized carbons (Fsp3) is 0.543. The second-order valence-corrected chi connectivity index (χ2v) is 16.8. The highest BCUT2D eigenvalue weighted by molar-refractivity contribution is 5.96. The number of carbonyl (C=O) groups is 6. The molecule has 13 nitrogen and oxygen atoms in total. The number of hydrogen-bond donors (Lipinski definition) is 5. The Morgan fingerprint density at radius 3 is 2.15 bits per heavy atom. The van der Waals surface area contributed by atoms with E-state index in [2.05, 4.69) is 15.3 Å². The zero-order valence-corrected chi connectivity index (χ0v) is 35.0. The van der Waals surface area contributed by atoms with E-state index in [1.54, 1.807) is 23.2 Å². The van der Waals surface area contributed by atoms with Crippen LogP contribution in [0, 0.1) is 35.5 Å². The average molecular weight is 814 g/mol. The van der Waals surface area contributed by atoms with E-state index in [0.29, 0.717) is 44.3 Å². The third-order valence-corrected chi connectivity index (χ3v) is 11.6. The first-order valence-corrected chi connectivity index (χ1v) is 21.1. The van der Waals surface area contributed by atoms with Gasteiger partial charge in [-0.3, -0.25) is 28.8 Å². The molecule has 1 aliphatic rings. The van der Waals surface area contributed by atoms with E-state index in [4.69, 9.17) is 5.73 Å². The Morgan fingerprint density at radius 1 is 0.864 bits per heavy atom. The van der Waals surface area contributed by atoms with Crippen LogP contribution in [0.25, 0.3) is 0 Å². The van der Waals surface area contributed by atoms with Gasteiger partial charge in [0.25, 0.3) is 0 Å². The first kappa shape index (κ1) is 46.5. The number of phenols is 1. The number of amides is 2. The smallest absolute Gasteiger partial charge is 0.303 e. The van der Waals surface area contributed by atoms with E-state index in [1.165, 1.54) is 18.5 Å². The number of nitrogens with one attached hydrogen (secondary N) is 2. The number of carboxylic acids is 1. The number of aliphatic carboxylic acids is 1. The number of nitrogens with zero attached hydrogens (tertiary/aromatic N) is 2. The molecule has 7 atom stereocenters. The lowest BCUT2D eigenvalue weighted by Gasteiger charge is -2.31. The molecule has 1 aliphatic heterocycles. The molecule has 3 aromatic rings. The molecule has 0 aliphatic carbocycles. The number of nitrogens with two attached hydrogens (primary N) is 1. The summed E-state index contributed by atoms with van der Waals surface area (Å²) in [6.07, 6.45) is 5.51. The van der Waals surface area contributed by atoms with Crippen molar-refractivity contribution in [3.05, 3.63) is 83.9 Å². The van der Waals surface area contributed by atoms with Crippen LogP contribution < -0.4 is 11.1 Å². The van der Waals surface area contributed by atoms with E-state index in [9.17, 15) is 39.0 Å². The van der Waals surface area contributed by atoms with E-state index in [-0.39, 0.29) is 85.9 Å². The third-order valence-electron chi connectivity index (χ3n) is 11.6. The maximum absolute atomic E-state index is 14.5. The molecule has 1 fully saturated rings. The molecule has 320 valence electrons. The Kier molecular flexibility index (Phi) is 18.0. The number of imidazole rings is 1. The van der Waals surface area contributed by atoms with E-state index < -0.39 is 47.6 Å². The number of aromatic hydroxyl groups is 1. The SMILES string of the molecule is CCC(C)[C@H](NC(=O)[C@@H](CC(=O)[C@@H](CN)CC(C)C)Cc1ccc(O)cc1)C(=O)C[C@@H](Cc1cnc[nH]1)C(=O)N1CCC[C@H]1C(=O)C[C@H](CC(=O)O)Cc1ccccc1. The highest BCUT2D eigenvalue weighted by Crippen LogP contribution is 2.29. The van der Waals surface area contributed by atoms with Gasteiger partial charge < -0.3 is 31.1 Å². The predicted molar refractivity (Wildman–Crippen MR) is 224 cm³/mol. The van der Waals surface area contributed by atoms with Gasteiger partial charge >= 0.3 is 5.97 Å². The molecule has 59 heavy (non-hydrogen) atoms. The van der Waals surface area contributed by atoms with Crippen molar-refractivity contribution in [1.82, 2.24) is 20.2 Å². The second-order valence-electron chi connectivity index (χ2n) is 16.8. The Bertz CT molecular complexity index is 1830. The van der Waals surface area contributed by atoms with Crippen molar-refractivity contribution >= 4 is 35.1 Å². The van der Waals surface area contributed by atoms with Crippen LogP contribution in [0.15, 0.2) is 67.1 Å². The van der Waals surface area contributed by atoms with Crippen LogP contribution in [-0.4, -0.2) is 85.4 Å². The molecule has 0 saturated carbocycles. The summed E-state index contributed by atoms with van der Waals surface area (Å²) in [5.41, 5.74) is 8.31. The topological polar surface area (TPSA) is 213 Å². The van der Waals surface area contributed by atoms with E-state index in [1.807, 2.05) is 58.0 Å². The fourth-order valence-electron chi connectivity index (χ4n) is 8.27. The number of carboxylic acid groups (broad SMARTS) is 1. The number of hydrogen-bond acceptors (Lipinski definition) is 9. The Labute approximate surface area is 347 Å². The highest BCUT2D eigenvalue weighted by atomic mass is 16.4. The lowest BCUT2D eigenvalue weighted by Crippen LogP contribution is -2.50. The van der Waals surface area contributed by atoms with Gasteiger partial charge in [-0.15, -0.1) is 0 Å². The summed E-state index contributed by atoms with van der Waals surface area (Å²) in [5.74, 6) is -5.06. The van der Waals surface area contributed by atoms with Crippen molar-refractivity contribution < 1.29 is 39.0 Å². The van der Waals surface area contributed by atoms with Crippen LogP contribution in [0.3, 0.4) is 0 Å². The van der Waals surface area contributed by atoms with Gasteiger partial charge in [0.1, 0.15) is 11.5 Å². The van der Waals surface area contributed by atoms with Gasteiger partial charge in [-0.1, -0.05) is 76.6 Å². The maximum Gasteiger partial charge on any atom is 0.303 e. The van der Waals surface area contributed by atoms with Gasteiger partial charge in [0.15, 0.2) is 11.6 Å². The minimum Gasteiger partial charge on any atom is -0.508 e. The number of ketones is 3. The Morgan fingerprint density at radius 2 is 1.54 bits per heavy atom. The number of rotatable bonds is 25. The first-order chi connectivity index (χ1) is 28.2. The van der Waals surface area contributed by atoms with Gasteiger partial charge in [-0.2, -0.15) is 0 Å². The summed E-state index contributed by atoms with van der Waals surface area (Å²) in [6, 6.07) is 14.1. The Hall–Kier alpha value is -5.17. The molecular formula is C46H63N5O8. The van der Waals surface area contributed by atoms with Crippen LogP contribution in [0.1, 0.15) is 95.9 Å². The summed E-state index contributed by atoms with van der Waals surface area (Å²) < 4.78 is 0. The van der Waals surface area contributed by atoms with Crippen molar-refractivity contribution in [3.8, 4) is 5.75 Å². The van der Waals surface area contributed by atoms with Crippen LogP contribution >= 0.6 is 0 Å². The van der Waals surface area contributed by atoms with Crippen LogP contribution in [0.4, 0.5) is 0 Å². The molecule has 2 amide bonds. The zero-order chi connectivity index (χ0) is 43.1. The Balaban J connectivity index is 1.56. The molecule has 0 bridgehead atoms. The monoisotopic (exact) mass is 813 g/mol. The normalized spacial score (nSPS) is 17.1. The molecule has 2 heterocycles. The number of aromatic nitrogens is 2. The molecule has 1 unspecified atom stereocenters. The minimum atomic E-state index is -0.997. The number of H-pyrrole nitrogens is 1. The van der Waals surface area contributed by atoms with Crippen molar-refractivity contribution in [2.24, 2.45) is 41.2 Å². The molecule has 4 rings (SSSR count). The summed E-state index contributed by atoms with van der Waals surface area (Å²) in [4.78, 5) is 91.2. The van der Waals surface area contributed by atoms with Gasteiger partial charge in [-0.05, 0) is 73.1 Å². The number of likely N-dealkylation sites (tertiary alicyclic amines) is 1. The highest BCUT2D eigenvalue weighted by Gasteiger charge is 2.40. The molecule has 6 N–H and O–H groups in total. The number of carbonyl (C=O) groups excluding carboxylic acids is 5. The first-order valence-electron chi connectivity index (χ1n) is 21.1. The number of phenolic OH excluding ortho intramolecular Hbond substituents is 1. The standard InChI is InChI=1S/C46H63N5O8/c1-5-30(4)44(50-45(58)34(20-32-13-15-38(52)16-14-32)24-40(53)36(26-47)18-29(2)3)42(55)25-35(23-37-27-48-28-49-37)46(59)51-17-9-12-39(51)41(54)21-33(22-43(56)57)19-31-10-7-6-8-11-31/h6-8,10-11,13-16,27-30,33-36,39,44,52H,5,9,12,17-26,47H2,1-4H3,(H,48,49)(H,50,58)(H,56,57)/t30?,33-,34-,35-,36-,39+,44+/m1/s1. The minimum absolute atomic E-state index is 0.000776. The van der Waals surface area contributed by atoms with E-state index in [0.717, 1.165) is 11.1 Å². The molecular weight excluding hydrogens is 751 g/mol. The summed E-state index contributed by atoms with van der Waals surface area (Å²) in [6.45, 7) is 8.27. The average Bonchev–Trinajstić information content (AvgIpc) is 3.92. The van der Waals surface area contributed by atoms with Gasteiger partial charge in [0.05, 0.1) is 24.3 Å². The third kappa shape index (κ3) is 14.3. The summed E-state index contributed by atoms with van der Waals surface area (Å²) >= 11 is 0. The molecule has 0 radical (unpaired) electrons. The number of benzene rings is 2. The van der Waals surface area contributed by atoms with Gasteiger partial charge in [-0.25, -0.2) is 4.98 Å². The molecule has 13 heteroatoms. The van der Waals surface area contributed by atoms with Gasteiger partial charge in [0, 0.05) is 68.9 Å². The van der Waals surface area contributed by atoms with E-state index >= 15 is 0 Å². The van der Waals surface area contributed by atoms with Crippen molar-refractivity contribution in [1.29, 1.82) is 0 Å². The lowest BCUT2D eigenvalue weighted by molar-refractivity contribution is -0.143. The maximum atomic E-state index is 14.5. The molecule has 1 aromatic heterocycles. The zero-order valence-electron chi connectivity index (χ0n) is 35.0. The number of aromatic amines is 1. The quantitative estimate of drug-likeness (QED) is 0.0726. The van der Waals surface area contributed by atoms with Crippen LogP contribution in [-0.2, 0) is 48.0 Å². The van der Waals surface area contributed by atoms with Crippen molar-refractivity contribution in [2.75, 3.05) is 13.1 Å². The van der Waals surface area contributed by atoms with Crippen LogP contribution in [0.5, 0.6) is 5.75 Å². The van der Waals surface area contributed by atoms with Crippen LogP contribution in [0.2, 0.25) is 0 Å². The number of Topliss-reactive ketones (excluding diaryl/α,β-unsaturated/α-hetero) is 3. The second kappa shape index (κ2) is 22.8. The molecule has 1 saturated heterocycles. The summed E-state index contributed by atoms with van der Waals surface area (Å²) in [7, 11) is 0. The lowest BCUT2D eigenvalue weighted by atomic mass is 9.84. The predicted octanol–water partition coefficient (Wildman–Crippen LogP) is 5.49. The largest absolute Gasteiger partial charge is 0.508 e. The fourth-order valence-corrected chi connectivity index (χ4v) is 8.27. The van der Waals surface area contributed by atoms with Crippen molar-refractivity contribution in [3.63, 3.8) is 0 Å². The summed E-state index contributed by atoms with van der Waals surface area (Å²) in [5, 5.41) is 22.5. The molecule has 0 spiro atoms. The van der Waals surface area contributed by atoms with Gasteiger partial charge in [0.2, 0.25) is 11.8 Å². The van der Waals surface area contributed by atoms with Crippen molar-refractivity contribution in [2.45, 2.75) is 110 Å². The molecule has 2 aromatic carbocycles.